The van der Waals surface area contributed by atoms with Crippen molar-refractivity contribution in [1.29, 1.82) is 0 Å². The van der Waals surface area contributed by atoms with Gasteiger partial charge in [0.25, 0.3) is 0 Å². The fourth-order valence-electron chi connectivity index (χ4n) is 0.306. The van der Waals surface area contributed by atoms with Gasteiger partial charge in [0.2, 0.25) is 0 Å². The Balaban J connectivity index is 2.49. The fourth-order valence-corrected chi connectivity index (χ4v) is 0.889. The van der Waals surface area contributed by atoms with E-state index in [1.807, 2.05) is 0 Å². The molecule has 0 aromatic heterocycles. The topological polar surface area (TPSA) is 0 Å². The van der Waals surface area contributed by atoms with E-state index < -0.39 is 0 Å². The van der Waals surface area contributed by atoms with Crippen LogP contribution in [0.5, 0.6) is 0 Å². The SMILES string of the molecule is CCCC[CH]=[Sn]. The Labute approximate surface area is 52.5 Å². The second-order valence-corrected chi connectivity index (χ2v) is 2.51. The molecule has 0 saturated carbocycles. The third-order valence-electron chi connectivity index (χ3n) is 0.702. The molecule has 0 heterocycles. The van der Waals surface area contributed by atoms with Crippen LogP contribution < -0.4 is 0 Å². The molecule has 0 N–H and O–H groups in total. The molecule has 0 aliphatic heterocycles. The zero-order valence-corrected chi connectivity index (χ0v) is 7.05. The van der Waals surface area contributed by atoms with Crippen LogP contribution in [0.1, 0.15) is 26.2 Å². The Morgan fingerprint density at radius 1 is 1.67 bits per heavy atom. The summed E-state index contributed by atoms with van der Waals surface area (Å²) >= 11 is 1.57. The van der Waals surface area contributed by atoms with Gasteiger partial charge in [-0.2, -0.15) is 0 Å². The van der Waals surface area contributed by atoms with Gasteiger partial charge in [0.15, 0.2) is 0 Å². The molecule has 34 valence electrons. The van der Waals surface area contributed by atoms with Crippen molar-refractivity contribution in [3.8, 4) is 0 Å². The standard InChI is InChI=1S/C5H10.Sn/c1-3-5-4-2;/h1H,3-5H2,2H3;. The molecule has 0 aliphatic rings. The summed E-state index contributed by atoms with van der Waals surface area (Å²) in [6.07, 6.45) is 4.05. The van der Waals surface area contributed by atoms with E-state index in [-0.39, 0.29) is 0 Å². The Kier molecular flexibility index (Phi) is 6.30. The van der Waals surface area contributed by atoms with Gasteiger partial charge < -0.3 is 0 Å². The molecule has 0 unspecified atom stereocenters. The van der Waals surface area contributed by atoms with Crippen molar-refractivity contribution in [2.75, 3.05) is 0 Å². The van der Waals surface area contributed by atoms with Crippen molar-refractivity contribution >= 4 is 26.1 Å². The van der Waals surface area contributed by atoms with Crippen LogP contribution in [0.3, 0.4) is 0 Å². The van der Waals surface area contributed by atoms with Gasteiger partial charge in [-0.15, -0.1) is 0 Å². The van der Waals surface area contributed by atoms with E-state index in [0.29, 0.717) is 0 Å². The molecule has 0 amide bonds. The number of unbranched alkanes of at least 4 members (excludes halogenated alkanes) is 2. The molecule has 0 aliphatic carbocycles. The van der Waals surface area contributed by atoms with Crippen molar-refractivity contribution in [1.82, 2.24) is 0 Å². The fraction of sp³-hybridized carbons (Fsp3) is 0.800. The first kappa shape index (κ1) is 6.67. The van der Waals surface area contributed by atoms with Gasteiger partial charge in [-0.05, 0) is 0 Å². The first-order valence-corrected chi connectivity index (χ1v) is 4.05. The molecule has 0 aromatic rings. The molecule has 0 bridgehead atoms. The molecular weight excluding hydrogens is 179 g/mol. The predicted molar refractivity (Wildman–Crippen MR) is 31.3 cm³/mol. The molecule has 1 heteroatoms. The first-order valence-electron chi connectivity index (χ1n) is 2.40. The maximum absolute atomic E-state index is 2.30. The summed E-state index contributed by atoms with van der Waals surface area (Å²) in [4.78, 5) is 0. The molecule has 0 nitrogen and oxygen atoms in total. The minimum atomic E-state index is 1.33. The van der Waals surface area contributed by atoms with Crippen molar-refractivity contribution in [3.63, 3.8) is 0 Å². The van der Waals surface area contributed by atoms with Gasteiger partial charge in [0, 0.05) is 0 Å². The predicted octanol–water partition coefficient (Wildman–Crippen LogP) is 1.15. The summed E-state index contributed by atoms with van der Waals surface area (Å²) < 4.78 is 2.30. The summed E-state index contributed by atoms with van der Waals surface area (Å²) in [7, 11) is 0. The summed E-state index contributed by atoms with van der Waals surface area (Å²) in [6, 6.07) is 0. The van der Waals surface area contributed by atoms with Gasteiger partial charge in [0.1, 0.15) is 0 Å². The van der Waals surface area contributed by atoms with Crippen molar-refractivity contribution < 1.29 is 0 Å². The molecule has 0 saturated heterocycles. The summed E-state index contributed by atoms with van der Waals surface area (Å²) in [5.74, 6) is 0. The Hall–Kier alpha value is 0.669. The van der Waals surface area contributed by atoms with Crippen LogP contribution in [0.15, 0.2) is 0 Å². The van der Waals surface area contributed by atoms with Crippen molar-refractivity contribution in [2.45, 2.75) is 26.2 Å². The van der Waals surface area contributed by atoms with Gasteiger partial charge in [-0.1, -0.05) is 0 Å². The zero-order chi connectivity index (χ0) is 4.83. The zero-order valence-electron chi connectivity index (χ0n) is 4.20. The van der Waals surface area contributed by atoms with Gasteiger partial charge >= 0.3 is 52.3 Å². The van der Waals surface area contributed by atoms with Gasteiger partial charge in [-0.25, -0.2) is 0 Å². The normalized spacial score (nSPS) is 8.17. The monoisotopic (exact) mass is 190 g/mol. The summed E-state index contributed by atoms with van der Waals surface area (Å²) in [6.45, 7) is 2.22. The Morgan fingerprint density at radius 2 is 2.33 bits per heavy atom. The van der Waals surface area contributed by atoms with Gasteiger partial charge in [0.05, 0.1) is 0 Å². The maximum atomic E-state index is 2.30. The van der Waals surface area contributed by atoms with Crippen molar-refractivity contribution in [3.05, 3.63) is 0 Å². The molecule has 0 atom stereocenters. The molecular formula is C5H10Sn. The van der Waals surface area contributed by atoms with Gasteiger partial charge in [-0.3, -0.25) is 0 Å². The average molecular weight is 189 g/mol. The van der Waals surface area contributed by atoms with E-state index in [9.17, 15) is 0 Å². The summed E-state index contributed by atoms with van der Waals surface area (Å²) in [5.41, 5.74) is 0. The van der Waals surface area contributed by atoms with Crippen LogP contribution in [-0.2, 0) is 0 Å². The third-order valence-corrected chi connectivity index (χ3v) is 1.53. The Morgan fingerprint density at radius 3 is 2.50 bits per heavy atom. The van der Waals surface area contributed by atoms with Crippen LogP contribution >= 0.6 is 0 Å². The second kappa shape index (κ2) is 5.67. The third kappa shape index (κ3) is 4.67. The minimum absolute atomic E-state index is 1.33. The van der Waals surface area contributed by atoms with Crippen LogP contribution in [-0.4, -0.2) is 26.1 Å². The van der Waals surface area contributed by atoms with E-state index in [2.05, 4.69) is 10.9 Å². The first-order chi connectivity index (χ1) is 2.91. The van der Waals surface area contributed by atoms with Crippen LogP contribution in [0, 0.1) is 0 Å². The van der Waals surface area contributed by atoms with Crippen LogP contribution in [0.4, 0.5) is 0 Å². The quantitative estimate of drug-likeness (QED) is 0.461. The Bertz CT molecular complexity index is 32.9. The van der Waals surface area contributed by atoms with E-state index in [1.54, 1.807) is 22.1 Å². The molecule has 6 heavy (non-hydrogen) atoms. The van der Waals surface area contributed by atoms with Crippen LogP contribution in [0.2, 0.25) is 0 Å². The van der Waals surface area contributed by atoms with E-state index in [4.69, 9.17) is 0 Å². The van der Waals surface area contributed by atoms with Crippen molar-refractivity contribution in [2.24, 2.45) is 0 Å². The van der Waals surface area contributed by atoms with Crippen LogP contribution in [0.25, 0.3) is 0 Å². The molecule has 2 radical (unpaired) electrons. The summed E-state index contributed by atoms with van der Waals surface area (Å²) in [5, 5.41) is 0. The molecule has 0 rings (SSSR count). The van der Waals surface area contributed by atoms with E-state index >= 15 is 0 Å². The number of hydrogen-bond donors (Lipinski definition) is 0. The van der Waals surface area contributed by atoms with E-state index in [1.165, 1.54) is 19.3 Å². The number of rotatable bonds is 3. The molecule has 0 spiro atoms. The molecule has 0 aromatic carbocycles. The second-order valence-electron chi connectivity index (χ2n) is 1.35. The average Bonchev–Trinajstić information content (AvgIpc) is 1.61. The van der Waals surface area contributed by atoms with E-state index in [0.717, 1.165) is 0 Å². The molecule has 0 fully saturated rings. The number of hydrogen-bond acceptors (Lipinski definition) is 0.